The number of halogens is 2. The van der Waals surface area contributed by atoms with Gasteiger partial charge in [0.25, 0.3) is 0 Å². The Bertz CT molecular complexity index is 1080. The summed E-state index contributed by atoms with van der Waals surface area (Å²) in [4.78, 5) is 25.0. The van der Waals surface area contributed by atoms with E-state index in [0.717, 1.165) is 18.2 Å². The van der Waals surface area contributed by atoms with E-state index >= 15 is 0 Å². The van der Waals surface area contributed by atoms with Gasteiger partial charge in [-0.1, -0.05) is 12.1 Å². The van der Waals surface area contributed by atoms with Crippen LogP contribution in [-0.4, -0.2) is 18.0 Å². The lowest BCUT2D eigenvalue weighted by Crippen LogP contribution is -2.26. The van der Waals surface area contributed by atoms with E-state index in [1.807, 2.05) is 0 Å². The molecule has 0 radical (unpaired) electrons. The molecule has 7 nitrogen and oxygen atoms in total. The molecule has 3 N–H and O–H groups in total. The van der Waals surface area contributed by atoms with Gasteiger partial charge in [0, 0.05) is 34.9 Å². The second-order valence-electron chi connectivity index (χ2n) is 6.46. The quantitative estimate of drug-likeness (QED) is 0.677. The summed E-state index contributed by atoms with van der Waals surface area (Å²) in [5, 5.41) is 15.6. The van der Waals surface area contributed by atoms with Gasteiger partial charge < -0.3 is 16.0 Å². The van der Waals surface area contributed by atoms with Crippen molar-refractivity contribution in [2.45, 2.75) is 6.17 Å². The summed E-state index contributed by atoms with van der Waals surface area (Å²) in [6.07, 6.45) is 4.43. The van der Waals surface area contributed by atoms with Crippen LogP contribution in [0.1, 0.15) is 10.4 Å². The number of anilines is 2. The van der Waals surface area contributed by atoms with Crippen molar-refractivity contribution < 1.29 is 18.4 Å². The maximum Gasteiger partial charge on any atom is 0.323 e. The lowest BCUT2D eigenvalue weighted by atomic mass is 9.92. The number of benzene rings is 2. The smallest absolute Gasteiger partial charge is 0.323 e. The van der Waals surface area contributed by atoms with E-state index in [4.69, 9.17) is 0 Å². The highest BCUT2D eigenvalue weighted by atomic mass is 19.1. The minimum atomic E-state index is -0.697. The van der Waals surface area contributed by atoms with Gasteiger partial charge in [0.2, 0.25) is 0 Å². The highest BCUT2D eigenvalue weighted by molar-refractivity contribution is 6.10. The fourth-order valence-corrected chi connectivity index (χ4v) is 3.14. The number of rotatable bonds is 4. The SMILES string of the molecule is O=C(Nc1cccc(F)c1)Nc1cc(F)cc(C(=O)C2=CNC3N=NC=CC23)c1. The minimum Gasteiger partial charge on any atom is -0.367 e. The fourth-order valence-electron chi connectivity index (χ4n) is 3.14. The van der Waals surface area contributed by atoms with Crippen LogP contribution >= 0.6 is 0 Å². The Labute approximate surface area is 164 Å². The van der Waals surface area contributed by atoms with Crippen LogP contribution in [0, 0.1) is 17.6 Å². The summed E-state index contributed by atoms with van der Waals surface area (Å²) in [6, 6.07) is 8.20. The molecule has 2 unspecified atom stereocenters. The predicted molar refractivity (Wildman–Crippen MR) is 102 cm³/mol. The van der Waals surface area contributed by atoms with Gasteiger partial charge in [0.1, 0.15) is 17.8 Å². The Morgan fingerprint density at radius 2 is 1.79 bits per heavy atom. The first-order valence-corrected chi connectivity index (χ1v) is 8.71. The molecule has 2 aromatic carbocycles. The van der Waals surface area contributed by atoms with Crippen molar-refractivity contribution in [2.75, 3.05) is 10.6 Å². The van der Waals surface area contributed by atoms with Gasteiger partial charge in [0.05, 0.1) is 5.92 Å². The average molecular weight is 395 g/mol. The Morgan fingerprint density at radius 1 is 1.00 bits per heavy atom. The molecule has 0 saturated heterocycles. The Hall–Kier alpha value is -3.88. The largest absolute Gasteiger partial charge is 0.367 e. The van der Waals surface area contributed by atoms with Crippen molar-refractivity contribution in [1.82, 2.24) is 5.32 Å². The van der Waals surface area contributed by atoms with E-state index in [0.29, 0.717) is 5.57 Å². The third-order valence-electron chi connectivity index (χ3n) is 4.42. The number of nitrogens with one attached hydrogen (secondary N) is 3. The number of nitrogens with zero attached hydrogens (tertiary/aromatic N) is 2. The maximum atomic E-state index is 14.1. The second-order valence-corrected chi connectivity index (χ2v) is 6.46. The van der Waals surface area contributed by atoms with Crippen molar-refractivity contribution in [3.63, 3.8) is 0 Å². The lowest BCUT2D eigenvalue weighted by molar-refractivity contribution is 0.102. The molecule has 146 valence electrons. The summed E-state index contributed by atoms with van der Waals surface area (Å²) < 4.78 is 27.3. The van der Waals surface area contributed by atoms with Gasteiger partial charge in [-0.3, -0.25) is 4.79 Å². The first-order chi connectivity index (χ1) is 14.0. The van der Waals surface area contributed by atoms with Crippen LogP contribution < -0.4 is 16.0 Å². The summed E-state index contributed by atoms with van der Waals surface area (Å²) in [5.41, 5.74) is 0.826. The van der Waals surface area contributed by atoms with Crippen molar-refractivity contribution >= 4 is 23.2 Å². The van der Waals surface area contributed by atoms with Crippen LogP contribution in [-0.2, 0) is 0 Å². The standard InChI is InChI=1S/C20H15F2N5O2/c21-12-2-1-3-14(8-12)25-20(29)26-15-7-11(6-13(22)9-15)18(28)17-10-23-19-16(17)4-5-24-27-19/h1-10,16,19,23H,(H2,25,26,29). The number of hydrogen-bond acceptors (Lipinski definition) is 5. The van der Waals surface area contributed by atoms with Crippen LogP contribution in [0.4, 0.5) is 25.0 Å². The summed E-state index contributed by atoms with van der Waals surface area (Å²) in [6.45, 7) is 0. The third-order valence-corrected chi connectivity index (χ3v) is 4.42. The number of Topliss-reactive ketones (excluding diaryl/α,β-unsaturated/α-hetero) is 1. The average Bonchev–Trinajstić information content (AvgIpc) is 3.11. The van der Waals surface area contributed by atoms with Crippen molar-refractivity contribution in [2.24, 2.45) is 16.1 Å². The van der Waals surface area contributed by atoms with Crippen LogP contribution in [0.5, 0.6) is 0 Å². The predicted octanol–water partition coefficient (Wildman–Crippen LogP) is 4.20. The topological polar surface area (TPSA) is 95.0 Å². The highest BCUT2D eigenvalue weighted by Gasteiger charge is 2.33. The molecule has 2 amide bonds. The molecule has 2 aliphatic rings. The van der Waals surface area contributed by atoms with E-state index in [1.165, 1.54) is 30.5 Å². The Morgan fingerprint density at radius 3 is 2.62 bits per heavy atom. The molecule has 0 saturated carbocycles. The monoisotopic (exact) mass is 395 g/mol. The molecule has 4 rings (SSSR count). The van der Waals surface area contributed by atoms with E-state index in [9.17, 15) is 18.4 Å². The fraction of sp³-hybridized carbons (Fsp3) is 0.100. The zero-order valence-corrected chi connectivity index (χ0v) is 14.9. The molecular formula is C20H15F2N5O2. The zero-order chi connectivity index (χ0) is 20.4. The molecule has 29 heavy (non-hydrogen) atoms. The first-order valence-electron chi connectivity index (χ1n) is 8.71. The molecule has 2 aliphatic heterocycles. The highest BCUT2D eigenvalue weighted by Crippen LogP contribution is 2.30. The second kappa shape index (κ2) is 7.63. The molecule has 2 heterocycles. The maximum absolute atomic E-state index is 14.1. The number of hydrogen-bond donors (Lipinski definition) is 3. The van der Waals surface area contributed by atoms with Crippen LogP contribution in [0.3, 0.4) is 0 Å². The molecule has 0 aliphatic carbocycles. The zero-order valence-electron chi connectivity index (χ0n) is 14.9. The number of amides is 2. The van der Waals surface area contributed by atoms with Crippen LogP contribution in [0.15, 0.2) is 76.7 Å². The Kier molecular flexibility index (Phi) is 4.86. The molecule has 0 bridgehead atoms. The number of ketones is 1. The third kappa shape index (κ3) is 4.03. The molecule has 0 spiro atoms. The van der Waals surface area contributed by atoms with Crippen molar-refractivity contribution in [3.05, 3.63) is 83.7 Å². The van der Waals surface area contributed by atoms with Gasteiger partial charge in [0.15, 0.2) is 5.78 Å². The van der Waals surface area contributed by atoms with Gasteiger partial charge in [-0.25, -0.2) is 13.6 Å². The van der Waals surface area contributed by atoms with Gasteiger partial charge in [-0.15, -0.1) is 0 Å². The lowest BCUT2D eigenvalue weighted by Gasteiger charge is -2.16. The molecule has 0 fully saturated rings. The number of carbonyl (C=O) groups excluding carboxylic acids is 2. The number of carbonyl (C=O) groups is 2. The molecule has 0 aromatic heterocycles. The van der Waals surface area contributed by atoms with Crippen molar-refractivity contribution in [3.8, 4) is 0 Å². The molecule has 9 heteroatoms. The summed E-state index contributed by atoms with van der Waals surface area (Å²) >= 11 is 0. The van der Waals surface area contributed by atoms with Gasteiger partial charge >= 0.3 is 6.03 Å². The molecule has 2 atom stereocenters. The number of urea groups is 1. The van der Waals surface area contributed by atoms with Crippen molar-refractivity contribution in [1.29, 1.82) is 0 Å². The molecular weight excluding hydrogens is 380 g/mol. The van der Waals surface area contributed by atoms with Crippen LogP contribution in [0.25, 0.3) is 0 Å². The Balaban J connectivity index is 1.50. The van der Waals surface area contributed by atoms with E-state index in [1.54, 1.807) is 12.3 Å². The van der Waals surface area contributed by atoms with Crippen LogP contribution in [0.2, 0.25) is 0 Å². The summed E-state index contributed by atoms with van der Waals surface area (Å²) in [5.74, 6) is -1.87. The van der Waals surface area contributed by atoms with E-state index in [2.05, 4.69) is 26.2 Å². The first kappa shape index (κ1) is 18.5. The minimum absolute atomic E-state index is 0.0793. The van der Waals surface area contributed by atoms with Gasteiger partial charge in [-0.2, -0.15) is 10.2 Å². The summed E-state index contributed by atoms with van der Waals surface area (Å²) in [7, 11) is 0. The number of azo groups is 1. The van der Waals surface area contributed by atoms with E-state index < -0.39 is 17.7 Å². The normalized spacial score (nSPS) is 19.2. The van der Waals surface area contributed by atoms with Gasteiger partial charge in [-0.05, 0) is 36.4 Å². The van der Waals surface area contributed by atoms with E-state index in [-0.39, 0.29) is 34.8 Å². The molecule has 2 aromatic rings. The number of fused-ring (bicyclic) bond motifs is 1.